The summed E-state index contributed by atoms with van der Waals surface area (Å²) in [6.07, 6.45) is 1.44. The van der Waals surface area contributed by atoms with Crippen LogP contribution in [0.3, 0.4) is 0 Å². The van der Waals surface area contributed by atoms with Gasteiger partial charge in [-0.3, -0.25) is 4.79 Å². The number of nitrogens with zero attached hydrogens (tertiary/aromatic N) is 3. The maximum atomic E-state index is 12.7. The number of benzene rings is 2. The van der Waals surface area contributed by atoms with Gasteiger partial charge < -0.3 is 15.0 Å². The van der Waals surface area contributed by atoms with Crippen LogP contribution in [0.4, 0.5) is 5.69 Å². The largest absolute Gasteiger partial charge is 0.495 e. The van der Waals surface area contributed by atoms with Crippen molar-refractivity contribution in [3.63, 3.8) is 0 Å². The Morgan fingerprint density at radius 2 is 1.84 bits per heavy atom. The summed E-state index contributed by atoms with van der Waals surface area (Å²) in [6.45, 7) is 1.20. The Balaban J connectivity index is 1.67. The van der Waals surface area contributed by atoms with Gasteiger partial charge in [0.05, 0.1) is 17.7 Å². The number of carbonyl (C=O) groups is 1. The van der Waals surface area contributed by atoms with Crippen LogP contribution in [0.2, 0.25) is 5.02 Å². The fourth-order valence-corrected chi connectivity index (χ4v) is 4.72. The van der Waals surface area contributed by atoms with Crippen LogP contribution in [-0.2, 0) is 14.8 Å². The summed E-state index contributed by atoms with van der Waals surface area (Å²) < 4.78 is 32.0. The van der Waals surface area contributed by atoms with Crippen LogP contribution in [0.25, 0.3) is 0 Å². The van der Waals surface area contributed by atoms with E-state index in [4.69, 9.17) is 16.3 Å². The van der Waals surface area contributed by atoms with Crippen molar-refractivity contribution in [2.45, 2.75) is 4.90 Å². The van der Waals surface area contributed by atoms with E-state index in [9.17, 15) is 18.5 Å². The van der Waals surface area contributed by atoms with Gasteiger partial charge in [0.15, 0.2) is 0 Å². The number of nitriles is 1. The maximum absolute atomic E-state index is 12.7. The fourth-order valence-electron chi connectivity index (χ4n) is 3.10. The molecule has 0 radical (unpaired) electrons. The Morgan fingerprint density at radius 3 is 2.45 bits per heavy atom. The number of rotatable bonds is 6. The summed E-state index contributed by atoms with van der Waals surface area (Å²) in [5.74, 6) is -0.197. The molecule has 1 aliphatic heterocycles. The van der Waals surface area contributed by atoms with E-state index in [1.54, 1.807) is 47.4 Å². The maximum Gasteiger partial charge on any atom is 0.267 e. The van der Waals surface area contributed by atoms with E-state index >= 15 is 0 Å². The highest BCUT2D eigenvalue weighted by atomic mass is 35.5. The van der Waals surface area contributed by atoms with Crippen molar-refractivity contribution in [3.05, 3.63) is 65.3 Å². The number of nitrogens with one attached hydrogen (secondary N) is 1. The molecule has 0 saturated carbocycles. The van der Waals surface area contributed by atoms with Crippen LogP contribution in [0.15, 0.2) is 65.2 Å². The van der Waals surface area contributed by atoms with E-state index < -0.39 is 15.9 Å². The number of piperazine rings is 1. The number of methoxy groups -OCH3 is 1. The molecule has 2 aromatic carbocycles. The molecular formula is C21H21ClN4O4S. The number of ether oxygens (including phenoxy) is 1. The van der Waals surface area contributed by atoms with Crippen molar-refractivity contribution >= 4 is 33.2 Å². The summed E-state index contributed by atoms with van der Waals surface area (Å²) in [5, 5.41) is 12.5. The third-order valence-electron chi connectivity index (χ3n) is 4.74. The Hall–Kier alpha value is -3.06. The minimum Gasteiger partial charge on any atom is -0.495 e. The SMILES string of the molecule is COc1ccc(Cl)cc1NC(=O)/C(C#N)=C\N1CCN(S(=O)(=O)c2ccccc2)CC1. The van der Waals surface area contributed by atoms with Gasteiger partial charge in [-0.1, -0.05) is 29.8 Å². The average Bonchev–Trinajstić information content (AvgIpc) is 2.78. The second-order valence-electron chi connectivity index (χ2n) is 6.71. The van der Waals surface area contributed by atoms with Gasteiger partial charge in [0, 0.05) is 37.4 Å². The van der Waals surface area contributed by atoms with E-state index in [1.165, 1.54) is 23.7 Å². The molecule has 0 aromatic heterocycles. The van der Waals surface area contributed by atoms with Crippen LogP contribution in [0, 0.1) is 11.3 Å². The van der Waals surface area contributed by atoms with Gasteiger partial charge in [-0.25, -0.2) is 8.42 Å². The molecule has 0 aliphatic carbocycles. The second-order valence-corrected chi connectivity index (χ2v) is 9.08. The molecule has 3 rings (SSSR count). The third kappa shape index (κ3) is 5.35. The highest BCUT2D eigenvalue weighted by Gasteiger charge is 2.28. The molecule has 2 aromatic rings. The second kappa shape index (κ2) is 9.83. The van der Waals surface area contributed by atoms with Crippen LogP contribution in [0.5, 0.6) is 5.75 Å². The number of hydrogen-bond acceptors (Lipinski definition) is 6. The Morgan fingerprint density at radius 1 is 1.16 bits per heavy atom. The smallest absolute Gasteiger partial charge is 0.267 e. The average molecular weight is 461 g/mol. The highest BCUT2D eigenvalue weighted by molar-refractivity contribution is 7.89. The van der Waals surface area contributed by atoms with Crippen LogP contribution >= 0.6 is 11.6 Å². The van der Waals surface area contributed by atoms with Crippen molar-refractivity contribution < 1.29 is 17.9 Å². The lowest BCUT2D eigenvalue weighted by atomic mass is 10.2. The van der Waals surface area contributed by atoms with Gasteiger partial charge in [-0.05, 0) is 30.3 Å². The van der Waals surface area contributed by atoms with Crippen molar-refractivity contribution in [2.24, 2.45) is 0 Å². The fraction of sp³-hybridized carbons (Fsp3) is 0.238. The van der Waals surface area contributed by atoms with E-state index in [-0.39, 0.29) is 23.6 Å². The summed E-state index contributed by atoms with van der Waals surface area (Å²) in [7, 11) is -2.11. The molecule has 162 valence electrons. The van der Waals surface area contributed by atoms with Gasteiger partial charge in [-0.15, -0.1) is 0 Å². The van der Waals surface area contributed by atoms with Gasteiger partial charge >= 0.3 is 0 Å². The topological polar surface area (TPSA) is 103 Å². The van der Waals surface area contributed by atoms with Crippen molar-refractivity contribution in [1.29, 1.82) is 5.26 Å². The van der Waals surface area contributed by atoms with Gasteiger partial charge in [0.2, 0.25) is 10.0 Å². The van der Waals surface area contributed by atoms with Crippen LogP contribution in [-0.4, -0.2) is 56.8 Å². The van der Waals surface area contributed by atoms with E-state index in [2.05, 4.69) is 5.32 Å². The molecule has 1 heterocycles. The summed E-state index contributed by atoms with van der Waals surface area (Å²) in [5.41, 5.74) is 0.237. The monoisotopic (exact) mass is 460 g/mol. The predicted molar refractivity (Wildman–Crippen MR) is 117 cm³/mol. The number of hydrogen-bond donors (Lipinski definition) is 1. The van der Waals surface area contributed by atoms with Crippen molar-refractivity contribution in [3.8, 4) is 11.8 Å². The number of sulfonamides is 1. The lowest BCUT2D eigenvalue weighted by Gasteiger charge is -2.33. The minimum absolute atomic E-state index is 0.110. The summed E-state index contributed by atoms with van der Waals surface area (Å²) >= 11 is 5.97. The summed E-state index contributed by atoms with van der Waals surface area (Å²) in [4.78, 5) is 14.6. The zero-order valence-corrected chi connectivity index (χ0v) is 18.4. The number of anilines is 1. The molecule has 1 N–H and O–H groups in total. The Labute approximate surface area is 186 Å². The molecule has 10 heteroatoms. The molecular weight excluding hydrogens is 440 g/mol. The Kier molecular flexibility index (Phi) is 7.17. The predicted octanol–water partition coefficient (Wildman–Crippen LogP) is 2.70. The third-order valence-corrected chi connectivity index (χ3v) is 6.89. The first kappa shape index (κ1) is 22.6. The van der Waals surface area contributed by atoms with Gasteiger partial charge in [-0.2, -0.15) is 9.57 Å². The minimum atomic E-state index is -3.57. The number of halogens is 1. The molecule has 31 heavy (non-hydrogen) atoms. The van der Waals surface area contributed by atoms with E-state index in [1.807, 2.05) is 6.07 Å². The lowest BCUT2D eigenvalue weighted by molar-refractivity contribution is -0.112. The molecule has 8 nitrogen and oxygen atoms in total. The van der Waals surface area contributed by atoms with E-state index in [0.29, 0.717) is 29.5 Å². The van der Waals surface area contributed by atoms with Crippen molar-refractivity contribution in [2.75, 3.05) is 38.6 Å². The standard InChI is InChI=1S/C21H21ClN4O4S/c1-30-20-8-7-17(22)13-19(20)24-21(27)16(14-23)15-25-9-11-26(12-10-25)31(28,29)18-5-3-2-4-6-18/h2-8,13,15H,9-12H2,1H3,(H,24,27)/b16-15-. The van der Waals surface area contributed by atoms with Crippen LogP contribution < -0.4 is 10.1 Å². The molecule has 1 aliphatic rings. The first-order valence-corrected chi connectivity index (χ1v) is 11.2. The Bertz CT molecular complexity index is 1120. The zero-order chi connectivity index (χ0) is 22.4. The molecule has 0 spiro atoms. The first-order valence-electron chi connectivity index (χ1n) is 9.41. The van der Waals surface area contributed by atoms with Gasteiger partial charge in [0.25, 0.3) is 5.91 Å². The normalized spacial score (nSPS) is 15.3. The van der Waals surface area contributed by atoms with Crippen molar-refractivity contribution in [1.82, 2.24) is 9.21 Å². The van der Waals surface area contributed by atoms with Gasteiger partial charge in [0.1, 0.15) is 17.4 Å². The zero-order valence-electron chi connectivity index (χ0n) is 16.8. The number of carbonyl (C=O) groups excluding carboxylic acids is 1. The quantitative estimate of drug-likeness (QED) is 0.525. The van der Waals surface area contributed by atoms with Crippen LogP contribution in [0.1, 0.15) is 0 Å². The molecule has 1 saturated heterocycles. The number of amides is 1. The lowest BCUT2D eigenvalue weighted by Crippen LogP contribution is -2.46. The molecule has 0 atom stereocenters. The summed E-state index contributed by atoms with van der Waals surface area (Å²) in [6, 6.07) is 14.9. The molecule has 0 bridgehead atoms. The molecule has 1 amide bonds. The first-order chi connectivity index (χ1) is 14.8. The highest BCUT2D eigenvalue weighted by Crippen LogP contribution is 2.28. The molecule has 1 fully saturated rings. The molecule has 0 unspecified atom stereocenters. The van der Waals surface area contributed by atoms with E-state index in [0.717, 1.165) is 0 Å².